The Morgan fingerprint density at radius 2 is 1.60 bits per heavy atom. The largest absolute Gasteiger partial charge is 0.295 e. The van der Waals surface area contributed by atoms with Gasteiger partial charge in [-0.1, -0.05) is 34.6 Å². The van der Waals surface area contributed by atoms with Gasteiger partial charge in [-0.05, 0) is 24.8 Å². The average Bonchev–Trinajstić information content (AvgIpc) is 2.10. The summed E-state index contributed by atoms with van der Waals surface area (Å²) >= 11 is 0. The lowest BCUT2D eigenvalue weighted by Gasteiger charge is -2.38. The predicted molar refractivity (Wildman–Crippen MR) is 61.3 cm³/mol. The van der Waals surface area contributed by atoms with Crippen LogP contribution in [0.2, 0.25) is 0 Å². The first-order valence-corrected chi connectivity index (χ1v) is 5.72. The van der Waals surface area contributed by atoms with E-state index < -0.39 is 6.43 Å². The molecule has 2 atom stereocenters. The van der Waals surface area contributed by atoms with E-state index in [2.05, 4.69) is 27.7 Å². The molecule has 0 saturated carbocycles. The quantitative estimate of drug-likeness (QED) is 0.685. The fourth-order valence-electron chi connectivity index (χ4n) is 1.80. The Labute approximate surface area is 92.8 Å². The van der Waals surface area contributed by atoms with E-state index in [1.807, 2.05) is 18.7 Å². The summed E-state index contributed by atoms with van der Waals surface area (Å²) in [6.07, 6.45) is -2.24. The Morgan fingerprint density at radius 1 is 1.13 bits per heavy atom. The second kappa shape index (κ2) is 5.78. The fraction of sp³-hybridized carbons (Fsp3) is 1.00. The first-order chi connectivity index (χ1) is 6.70. The Morgan fingerprint density at radius 3 is 1.87 bits per heavy atom. The molecule has 3 heteroatoms. The van der Waals surface area contributed by atoms with Gasteiger partial charge in [0, 0.05) is 6.04 Å². The van der Waals surface area contributed by atoms with Gasteiger partial charge >= 0.3 is 0 Å². The van der Waals surface area contributed by atoms with Gasteiger partial charge in [0.15, 0.2) is 0 Å². The van der Waals surface area contributed by atoms with Gasteiger partial charge in [0.05, 0.1) is 6.54 Å². The van der Waals surface area contributed by atoms with E-state index in [0.717, 1.165) is 0 Å². The number of rotatable bonds is 5. The highest BCUT2D eigenvalue weighted by Gasteiger charge is 2.29. The summed E-state index contributed by atoms with van der Waals surface area (Å²) < 4.78 is 24.7. The van der Waals surface area contributed by atoms with Gasteiger partial charge in [-0.25, -0.2) is 8.78 Å². The molecule has 0 N–H and O–H groups in total. The molecule has 1 nitrogen and oxygen atoms in total. The van der Waals surface area contributed by atoms with E-state index >= 15 is 0 Å². The van der Waals surface area contributed by atoms with Gasteiger partial charge < -0.3 is 0 Å². The normalized spacial score (nSPS) is 17.2. The molecule has 0 aliphatic heterocycles. The summed E-state index contributed by atoms with van der Waals surface area (Å²) in [5.41, 5.74) is 0.162. The van der Waals surface area contributed by atoms with Crippen LogP contribution in [-0.2, 0) is 0 Å². The maximum Gasteiger partial charge on any atom is 0.251 e. The zero-order valence-electron chi connectivity index (χ0n) is 10.8. The minimum Gasteiger partial charge on any atom is -0.295 e. The molecule has 0 radical (unpaired) electrons. The van der Waals surface area contributed by atoms with Gasteiger partial charge in [-0.3, -0.25) is 4.90 Å². The molecule has 0 heterocycles. The molecule has 0 rings (SSSR count). The van der Waals surface area contributed by atoms with Crippen LogP contribution in [0, 0.1) is 11.3 Å². The van der Waals surface area contributed by atoms with E-state index in [-0.39, 0.29) is 18.0 Å². The first kappa shape index (κ1) is 14.8. The van der Waals surface area contributed by atoms with Crippen molar-refractivity contribution in [1.82, 2.24) is 4.90 Å². The first-order valence-electron chi connectivity index (χ1n) is 5.72. The summed E-state index contributed by atoms with van der Waals surface area (Å²) in [4.78, 5) is 1.86. The zero-order chi connectivity index (χ0) is 12.2. The number of hydrogen-bond acceptors (Lipinski definition) is 1. The second-order valence-electron chi connectivity index (χ2n) is 5.37. The van der Waals surface area contributed by atoms with Crippen LogP contribution in [0.3, 0.4) is 0 Å². The second-order valence-corrected chi connectivity index (χ2v) is 5.37. The molecular formula is C12H25F2N. The monoisotopic (exact) mass is 221 g/mol. The van der Waals surface area contributed by atoms with Crippen molar-refractivity contribution in [2.45, 2.75) is 54.0 Å². The minimum absolute atomic E-state index is 0.113. The van der Waals surface area contributed by atoms with E-state index in [4.69, 9.17) is 0 Å². The third-order valence-electron chi connectivity index (χ3n) is 3.44. The number of halogens is 2. The Kier molecular flexibility index (Phi) is 5.71. The zero-order valence-corrected chi connectivity index (χ0v) is 10.8. The van der Waals surface area contributed by atoms with Crippen LogP contribution in [0.15, 0.2) is 0 Å². The van der Waals surface area contributed by atoms with Crippen LogP contribution < -0.4 is 0 Å². The third kappa shape index (κ3) is 4.92. The van der Waals surface area contributed by atoms with E-state index in [0.29, 0.717) is 12.5 Å². The highest BCUT2D eigenvalue weighted by molar-refractivity contribution is 4.81. The molecule has 0 aliphatic carbocycles. The van der Waals surface area contributed by atoms with Crippen LogP contribution in [0.25, 0.3) is 0 Å². The molecule has 0 aromatic rings. The number of nitrogens with zero attached hydrogens (tertiary/aromatic N) is 1. The van der Waals surface area contributed by atoms with E-state index in [9.17, 15) is 8.78 Å². The molecule has 0 aromatic heterocycles. The van der Waals surface area contributed by atoms with Gasteiger partial charge in [0.2, 0.25) is 0 Å². The van der Waals surface area contributed by atoms with Gasteiger partial charge in [-0.15, -0.1) is 0 Å². The van der Waals surface area contributed by atoms with Crippen molar-refractivity contribution in [3.05, 3.63) is 0 Å². The molecule has 15 heavy (non-hydrogen) atoms. The molecule has 0 fully saturated rings. The Hall–Kier alpha value is -0.180. The number of hydrogen-bond donors (Lipinski definition) is 0. The molecule has 0 bridgehead atoms. The smallest absolute Gasteiger partial charge is 0.251 e. The molecule has 0 aromatic carbocycles. The van der Waals surface area contributed by atoms with Crippen molar-refractivity contribution in [1.29, 1.82) is 0 Å². The van der Waals surface area contributed by atoms with E-state index in [1.165, 1.54) is 0 Å². The van der Waals surface area contributed by atoms with Crippen molar-refractivity contribution in [3.8, 4) is 0 Å². The van der Waals surface area contributed by atoms with Crippen molar-refractivity contribution in [2.24, 2.45) is 11.3 Å². The van der Waals surface area contributed by atoms with Crippen LogP contribution in [0.1, 0.15) is 41.5 Å². The van der Waals surface area contributed by atoms with E-state index in [1.54, 1.807) is 0 Å². The molecule has 2 unspecified atom stereocenters. The standard InChI is InChI=1S/C12H25F2N/c1-7-15(8-11(13)14)10(3)9(2)12(4,5)6/h9-11H,7-8H2,1-6H3. The SMILES string of the molecule is CCN(CC(F)F)C(C)C(C)C(C)(C)C. The molecule has 0 spiro atoms. The van der Waals surface area contributed by atoms with Crippen LogP contribution >= 0.6 is 0 Å². The molecule has 0 amide bonds. The predicted octanol–water partition coefficient (Wildman–Crippen LogP) is 3.64. The summed E-state index contributed by atoms with van der Waals surface area (Å²) in [6, 6.07) is 0.198. The topological polar surface area (TPSA) is 3.24 Å². The lowest BCUT2D eigenvalue weighted by molar-refractivity contribution is 0.0377. The lowest BCUT2D eigenvalue weighted by Crippen LogP contribution is -2.44. The molecule has 92 valence electrons. The highest BCUT2D eigenvalue weighted by atomic mass is 19.3. The van der Waals surface area contributed by atoms with Crippen LogP contribution in [-0.4, -0.2) is 30.5 Å². The minimum atomic E-state index is -2.24. The van der Waals surface area contributed by atoms with Gasteiger partial charge in [0.1, 0.15) is 0 Å². The fourth-order valence-corrected chi connectivity index (χ4v) is 1.80. The third-order valence-corrected chi connectivity index (χ3v) is 3.44. The molecule has 0 saturated heterocycles. The summed E-state index contributed by atoms with van der Waals surface area (Å²) in [7, 11) is 0. The Bertz CT molecular complexity index is 175. The number of alkyl halides is 2. The maximum atomic E-state index is 12.4. The Balaban J connectivity index is 4.44. The molecular weight excluding hydrogens is 196 g/mol. The van der Waals surface area contributed by atoms with Crippen molar-refractivity contribution in [3.63, 3.8) is 0 Å². The summed E-state index contributed by atoms with van der Waals surface area (Å²) in [6.45, 7) is 13.2. The van der Waals surface area contributed by atoms with Crippen molar-refractivity contribution >= 4 is 0 Å². The summed E-state index contributed by atoms with van der Waals surface area (Å²) in [5, 5.41) is 0. The lowest BCUT2D eigenvalue weighted by atomic mass is 9.77. The summed E-state index contributed by atoms with van der Waals surface area (Å²) in [5.74, 6) is 0.399. The van der Waals surface area contributed by atoms with Crippen LogP contribution in [0.4, 0.5) is 8.78 Å². The van der Waals surface area contributed by atoms with Crippen molar-refractivity contribution in [2.75, 3.05) is 13.1 Å². The highest BCUT2D eigenvalue weighted by Crippen LogP contribution is 2.30. The molecule has 0 aliphatic rings. The van der Waals surface area contributed by atoms with Gasteiger partial charge in [0.25, 0.3) is 6.43 Å². The maximum absolute atomic E-state index is 12.4. The van der Waals surface area contributed by atoms with Crippen molar-refractivity contribution < 1.29 is 8.78 Å². The van der Waals surface area contributed by atoms with Crippen LogP contribution in [0.5, 0.6) is 0 Å². The average molecular weight is 221 g/mol. The van der Waals surface area contributed by atoms with Gasteiger partial charge in [-0.2, -0.15) is 0 Å².